The molecule has 0 aromatic rings. The molecule has 1 fully saturated rings. The molecule has 0 aromatic heterocycles. The largest absolute Gasteiger partial charge is 0.396 e. The van der Waals surface area contributed by atoms with Crippen molar-refractivity contribution in [3.63, 3.8) is 0 Å². The second kappa shape index (κ2) is 1.88. The van der Waals surface area contributed by atoms with Crippen molar-refractivity contribution in [2.75, 3.05) is 13.2 Å². The molecule has 0 saturated heterocycles. The van der Waals surface area contributed by atoms with Gasteiger partial charge in [0.1, 0.15) is 0 Å². The van der Waals surface area contributed by atoms with E-state index in [1.54, 1.807) is 0 Å². The maximum absolute atomic E-state index is 12.2. The number of aliphatic hydroxyl groups is 1. The molecule has 2 atom stereocenters. The Morgan fingerprint density at radius 3 is 2.11 bits per heavy atom. The summed E-state index contributed by atoms with van der Waals surface area (Å²) in [4.78, 5) is 0. The van der Waals surface area contributed by atoms with E-state index in [9.17, 15) is 8.78 Å². The third-order valence-corrected chi connectivity index (χ3v) is 1.82. The fourth-order valence-electron chi connectivity index (χ4n) is 1.03. The first-order valence-electron chi connectivity index (χ1n) is 2.83. The Hall–Kier alpha value is -0.220. The Kier molecular flexibility index (Phi) is 1.44. The Labute approximate surface area is 51.7 Å². The third-order valence-electron chi connectivity index (χ3n) is 1.82. The van der Waals surface area contributed by atoms with Crippen LogP contribution < -0.4 is 5.73 Å². The van der Waals surface area contributed by atoms with Crippen LogP contribution in [0.25, 0.3) is 0 Å². The standard InChI is InChI=1S/C5H9F2NO/c6-5(7)3(1-8)4(5)2-9/h3-4,9H,1-2,8H2/t3-,4+/m1/s1. The Morgan fingerprint density at radius 1 is 1.44 bits per heavy atom. The van der Waals surface area contributed by atoms with Crippen LogP contribution in [0.5, 0.6) is 0 Å². The quantitative estimate of drug-likeness (QED) is 0.554. The smallest absolute Gasteiger partial charge is 0.258 e. The lowest BCUT2D eigenvalue weighted by atomic mass is 10.3. The van der Waals surface area contributed by atoms with Gasteiger partial charge in [-0.15, -0.1) is 0 Å². The predicted molar refractivity (Wildman–Crippen MR) is 28.1 cm³/mol. The monoisotopic (exact) mass is 137 g/mol. The molecule has 2 nitrogen and oxygen atoms in total. The summed E-state index contributed by atoms with van der Waals surface area (Å²) in [6.07, 6.45) is 0. The van der Waals surface area contributed by atoms with Crippen molar-refractivity contribution in [2.24, 2.45) is 17.6 Å². The van der Waals surface area contributed by atoms with Crippen molar-refractivity contribution in [1.82, 2.24) is 0 Å². The van der Waals surface area contributed by atoms with Gasteiger partial charge in [0.05, 0.1) is 12.5 Å². The molecule has 0 radical (unpaired) electrons. The van der Waals surface area contributed by atoms with Gasteiger partial charge in [-0.3, -0.25) is 0 Å². The van der Waals surface area contributed by atoms with Crippen LogP contribution in [-0.4, -0.2) is 24.2 Å². The average molecular weight is 137 g/mol. The van der Waals surface area contributed by atoms with Crippen LogP contribution in [0.2, 0.25) is 0 Å². The van der Waals surface area contributed by atoms with Gasteiger partial charge < -0.3 is 10.8 Å². The van der Waals surface area contributed by atoms with Gasteiger partial charge in [-0.05, 0) is 0 Å². The van der Waals surface area contributed by atoms with Crippen molar-refractivity contribution in [3.8, 4) is 0 Å². The molecular formula is C5H9F2NO. The van der Waals surface area contributed by atoms with Crippen LogP contribution in [0.3, 0.4) is 0 Å². The van der Waals surface area contributed by atoms with Gasteiger partial charge >= 0.3 is 0 Å². The van der Waals surface area contributed by atoms with Gasteiger partial charge in [0.25, 0.3) is 5.92 Å². The highest BCUT2D eigenvalue weighted by Gasteiger charge is 2.66. The zero-order chi connectivity index (χ0) is 7.07. The maximum Gasteiger partial charge on any atom is 0.258 e. The van der Waals surface area contributed by atoms with E-state index < -0.39 is 24.4 Å². The van der Waals surface area contributed by atoms with E-state index >= 15 is 0 Å². The van der Waals surface area contributed by atoms with Crippen LogP contribution in [0.1, 0.15) is 0 Å². The van der Waals surface area contributed by atoms with Gasteiger partial charge in [0.2, 0.25) is 0 Å². The second-order valence-corrected chi connectivity index (χ2v) is 2.31. The van der Waals surface area contributed by atoms with E-state index in [0.29, 0.717) is 0 Å². The third kappa shape index (κ3) is 0.822. The summed E-state index contributed by atoms with van der Waals surface area (Å²) < 4.78 is 24.4. The minimum atomic E-state index is -2.69. The lowest BCUT2D eigenvalue weighted by molar-refractivity contribution is 0.0730. The highest BCUT2D eigenvalue weighted by atomic mass is 19.3. The minimum absolute atomic E-state index is 0.0295. The number of hydrogen-bond donors (Lipinski definition) is 2. The fraction of sp³-hybridized carbons (Fsp3) is 1.00. The summed E-state index contributed by atoms with van der Waals surface area (Å²) in [5.41, 5.74) is 4.98. The number of alkyl halides is 2. The molecule has 4 heteroatoms. The molecular weight excluding hydrogens is 128 g/mol. The van der Waals surface area contributed by atoms with Crippen LogP contribution in [0.4, 0.5) is 8.78 Å². The summed E-state index contributed by atoms with van der Waals surface area (Å²) >= 11 is 0. The average Bonchev–Trinajstić information content (AvgIpc) is 2.32. The van der Waals surface area contributed by atoms with E-state index in [4.69, 9.17) is 10.8 Å². The van der Waals surface area contributed by atoms with Crippen molar-refractivity contribution in [3.05, 3.63) is 0 Å². The normalized spacial score (nSPS) is 38.7. The molecule has 0 aromatic carbocycles. The summed E-state index contributed by atoms with van der Waals surface area (Å²) in [6.45, 7) is -0.479. The molecule has 0 spiro atoms. The van der Waals surface area contributed by atoms with E-state index in [1.807, 2.05) is 0 Å². The number of halogens is 2. The van der Waals surface area contributed by atoms with E-state index in [-0.39, 0.29) is 6.54 Å². The first kappa shape index (κ1) is 6.89. The topological polar surface area (TPSA) is 46.2 Å². The predicted octanol–water partition coefficient (Wildman–Crippen LogP) is -0.181. The van der Waals surface area contributed by atoms with Crippen molar-refractivity contribution >= 4 is 0 Å². The zero-order valence-corrected chi connectivity index (χ0v) is 4.85. The maximum atomic E-state index is 12.2. The molecule has 0 unspecified atom stereocenters. The van der Waals surface area contributed by atoms with Crippen LogP contribution >= 0.6 is 0 Å². The van der Waals surface area contributed by atoms with Crippen LogP contribution in [0, 0.1) is 11.8 Å². The highest BCUT2D eigenvalue weighted by Crippen LogP contribution is 2.53. The van der Waals surface area contributed by atoms with E-state index in [2.05, 4.69) is 0 Å². The first-order valence-corrected chi connectivity index (χ1v) is 2.83. The lowest BCUT2D eigenvalue weighted by Crippen LogP contribution is -2.06. The Balaban J connectivity index is 2.45. The fourth-order valence-corrected chi connectivity index (χ4v) is 1.03. The Bertz CT molecular complexity index is 106. The van der Waals surface area contributed by atoms with Crippen molar-refractivity contribution in [1.29, 1.82) is 0 Å². The molecule has 0 bridgehead atoms. The lowest BCUT2D eigenvalue weighted by Gasteiger charge is -1.88. The number of hydrogen-bond acceptors (Lipinski definition) is 2. The molecule has 3 N–H and O–H groups in total. The second-order valence-electron chi connectivity index (χ2n) is 2.31. The molecule has 0 heterocycles. The molecule has 0 amide bonds. The summed E-state index contributed by atoms with van der Waals surface area (Å²) in [5, 5.41) is 8.31. The molecule has 0 aliphatic heterocycles. The zero-order valence-electron chi connectivity index (χ0n) is 4.85. The van der Waals surface area contributed by atoms with Crippen molar-refractivity contribution < 1.29 is 13.9 Å². The van der Waals surface area contributed by atoms with E-state index in [1.165, 1.54) is 0 Å². The minimum Gasteiger partial charge on any atom is -0.396 e. The number of rotatable bonds is 2. The highest BCUT2D eigenvalue weighted by molar-refractivity contribution is 5.05. The van der Waals surface area contributed by atoms with Gasteiger partial charge in [-0.2, -0.15) is 0 Å². The van der Waals surface area contributed by atoms with Gasteiger partial charge in [-0.25, -0.2) is 8.78 Å². The number of nitrogens with two attached hydrogens (primary N) is 1. The summed E-state index contributed by atoms with van der Waals surface area (Å²) in [6, 6.07) is 0. The van der Waals surface area contributed by atoms with Crippen LogP contribution in [0.15, 0.2) is 0 Å². The first-order chi connectivity index (χ1) is 4.14. The SMILES string of the molecule is NC[C@@H]1[C@H](CO)C1(F)F. The summed E-state index contributed by atoms with van der Waals surface area (Å²) in [7, 11) is 0. The molecule has 1 saturated carbocycles. The molecule has 1 aliphatic carbocycles. The van der Waals surface area contributed by atoms with Crippen LogP contribution in [-0.2, 0) is 0 Å². The van der Waals surface area contributed by atoms with E-state index in [0.717, 1.165) is 0 Å². The van der Waals surface area contributed by atoms with Crippen molar-refractivity contribution in [2.45, 2.75) is 5.92 Å². The molecule has 1 aliphatic rings. The molecule has 1 rings (SSSR count). The van der Waals surface area contributed by atoms with Gasteiger partial charge in [-0.1, -0.05) is 0 Å². The summed E-state index contributed by atoms with van der Waals surface area (Å²) in [5.74, 6) is -4.34. The molecule has 54 valence electrons. The molecule has 9 heavy (non-hydrogen) atoms. The van der Waals surface area contributed by atoms with Gasteiger partial charge in [0, 0.05) is 12.5 Å². The van der Waals surface area contributed by atoms with Gasteiger partial charge in [0.15, 0.2) is 0 Å². The Morgan fingerprint density at radius 2 is 2.00 bits per heavy atom. The number of aliphatic hydroxyl groups excluding tert-OH is 1.